The highest BCUT2D eigenvalue weighted by Crippen LogP contribution is 2.54. The first kappa shape index (κ1) is 27.7. The van der Waals surface area contributed by atoms with Crippen molar-refractivity contribution in [3.63, 3.8) is 0 Å². The van der Waals surface area contributed by atoms with Crippen molar-refractivity contribution < 1.29 is 17.9 Å². The number of ether oxygens (including phenoxy) is 1. The SMILES string of the molecule is N#CC(C#N)=C1C=C(/C=C/c2cc3sc4c(c5cccc6ccc7c8ccccc8n4c7c65)c3s2)C(c2ccccc2)(C(F)(F)F)O1. The zero-order valence-corrected chi connectivity index (χ0v) is 25.7. The molecule has 1 aliphatic rings. The molecule has 8 aromatic rings. The second kappa shape index (κ2) is 9.70. The summed E-state index contributed by atoms with van der Waals surface area (Å²) < 4.78 is 55.2. The molecule has 0 saturated heterocycles. The number of pyridine rings is 1. The molecule has 47 heavy (non-hydrogen) atoms. The van der Waals surface area contributed by atoms with Crippen molar-refractivity contribution in [2.24, 2.45) is 0 Å². The Balaban J connectivity index is 1.27. The van der Waals surface area contributed by atoms with Crippen LogP contribution < -0.4 is 0 Å². The van der Waals surface area contributed by atoms with Gasteiger partial charge in [0.15, 0.2) is 11.3 Å². The predicted molar refractivity (Wildman–Crippen MR) is 182 cm³/mol. The van der Waals surface area contributed by atoms with E-state index in [-0.39, 0.29) is 11.1 Å². The van der Waals surface area contributed by atoms with Gasteiger partial charge in [0.1, 0.15) is 17.0 Å². The highest BCUT2D eigenvalue weighted by atomic mass is 32.1. The summed E-state index contributed by atoms with van der Waals surface area (Å²) in [7, 11) is 0. The van der Waals surface area contributed by atoms with Crippen LogP contribution in [0.3, 0.4) is 0 Å². The molecule has 9 rings (SSSR count). The number of thiophene rings is 2. The van der Waals surface area contributed by atoms with Crippen molar-refractivity contribution in [1.29, 1.82) is 10.5 Å². The fourth-order valence-electron chi connectivity index (χ4n) is 6.99. The van der Waals surface area contributed by atoms with E-state index in [0.717, 1.165) is 46.9 Å². The van der Waals surface area contributed by atoms with E-state index in [9.17, 15) is 10.5 Å². The molecule has 4 aromatic carbocycles. The molecule has 5 heterocycles. The van der Waals surface area contributed by atoms with Gasteiger partial charge in [-0.2, -0.15) is 23.7 Å². The Kier molecular flexibility index (Phi) is 5.71. The Labute approximate surface area is 272 Å². The molecule has 4 nitrogen and oxygen atoms in total. The van der Waals surface area contributed by atoms with Crippen molar-refractivity contribution in [3.05, 3.63) is 130 Å². The Morgan fingerprint density at radius 1 is 0.809 bits per heavy atom. The van der Waals surface area contributed by atoms with Crippen molar-refractivity contribution in [2.75, 3.05) is 0 Å². The molecule has 0 saturated carbocycles. The number of fused-ring (bicyclic) bond motifs is 8. The number of halogens is 3. The highest BCUT2D eigenvalue weighted by molar-refractivity contribution is 7.33. The monoisotopic (exact) mass is 653 g/mol. The fourth-order valence-corrected chi connectivity index (χ4v) is 9.58. The number of allylic oxidation sites excluding steroid dienone is 2. The van der Waals surface area contributed by atoms with Crippen LogP contribution in [0.1, 0.15) is 10.4 Å². The third kappa shape index (κ3) is 3.67. The predicted octanol–water partition coefficient (Wildman–Crippen LogP) is 11.0. The molecule has 0 radical (unpaired) electrons. The Morgan fingerprint density at radius 2 is 1.57 bits per heavy atom. The average Bonchev–Trinajstić information content (AvgIpc) is 3.83. The molecule has 1 atom stereocenters. The molecular weight excluding hydrogens is 636 g/mol. The smallest absolute Gasteiger partial charge is 0.437 e. The van der Waals surface area contributed by atoms with Gasteiger partial charge in [-0.1, -0.05) is 84.9 Å². The van der Waals surface area contributed by atoms with Crippen LogP contribution in [0.5, 0.6) is 0 Å². The van der Waals surface area contributed by atoms with E-state index in [1.807, 2.05) is 6.07 Å². The van der Waals surface area contributed by atoms with Gasteiger partial charge in [-0.15, -0.1) is 22.7 Å². The second-order valence-corrected chi connectivity index (χ2v) is 13.5. The van der Waals surface area contributed by atoms with Crippen LogP contribution in [0.15, 0.2) is 120 Å². The molecule has 1 unspecified atom stereocenters. The number of nitrogens with zero attached hydrogens (tertiary/aromatic N) is 3. The third-order valence-corrected chi connectivity index (χ3v) is 11.3. The third-order valence-electron chi connectivity index (χ3n) is 8.95. The minimum absolute atomic E-state index is 0.146. The number of nitriles is 2. The zero-order valence-electron chi connectivity index (χ0n) is 24.1. The Morgan fingerprint density at radius 3 is 2.36 bits per heavy atom. The lowest BCUT2D eigenvalue weighted by atomic mass is 9.85. The summed E-state index contributed by atoms with van der Waals surface area (Å²) in [5, 5.41) is 25.9. The fraction of sp³-hybridized carbons (Fsp3) is 0.0526. The van der Waals surface area contributed by atoms with Crippen molar-refractivity contribution in [1.82, 2.24) is 4.40 Å². The molecule has 0 N–H and O–H groups in total. The number of aromatic nitrogens is 1. The van der Waals surface area contributed by atoms with E-state index in [1.54, 1.807) is 35.6 Å². The highest BCUT2D eigenvalue weighted by Gasteiger charge is 2.63. The van der Waals surface area contributed by atoms with Crippen molar-refractivity contribution in [3.8, 4) is 12.1 Å². The Bertz CT molecular complexity index is 2770. The molecule has 0 spiro atoms. The lowest BCUT2D eigenvalue weighted by Gasteiger charge is -2.33. The van der Waals surface area contributed by atoms with E-state index < -0.39 is 23.1 Å². The minimum atomic E-state index is -4.89. The topological polar surface area (TPSA) is 61.2 Å². The van der Waals surface area contributed by atoms with Gasteiger partial charge in [0.05, 0.1) is 15.7 Å². The number of alkyl halides is 3. The summed E-state index contributed by atoms with van der Waals surface area (Å²) in [5.74, 6) is -0.408. The molecular formula is C38H18F3N3OS2. The van der Waals surface area contributed by atoms with Crippen LogP contribution in [0.25, 0.3) is 63.7 Å². The summed E-state index contributed by atoms with van der Waals surface area (Å²) >= 11 is 3.19. The van der Waals surface area contributed by atoms with Gasteiger partial charge < -0.3 is 4.74 Å². The van der Waals surface area contributed by atoms with E-state index in [0.29, 0.717) is 0 Å². The van der Waals surface area contributed by atoms with Crippen molar-refractivity contribution >= 4 is 86.3 Å². The maximum absolute atomic E-state index is 15.0. The van der Waals surface area contributed by atoms with E-state index in [1.165, 1.54) is 63.4 Å². The zero-order chi connectivity index (χ0) is 32.1. The summed E-state index contributed by atoms with van der Waals surface area (Å²) in [6.07, 6.45) is -0.699. The van der Waals surface area contributed by atoms with Gasteiger partial charge in [0.2, 0.25) is 0 Å². The van der Waals surface area contributed by atoms with Crippen LogP contribution in [-0.4, -0.2) is 10.6 Å². The minimum Gasteiger partial charge on any atom is -0.466 e. The molecule has 0 bridgehead atoms. The number of para-hydroxylation sites is 1. The van der Waals surface area contributed by atoms with Gasteiger partial charge in [0.25, 0.3) is 5.60 Å². The average molecular weight is 654 g/mol. The summed E-state index contributed by atoms with van der Waals surface area (Å²) in [4.78, 5) is 1.90. The summed E-state index contributed by atoms with van der Waals surface area (Å²) in [6.45, 7) is 0. The first-order chi connectivity index (χ1) is 22.8. The second-order valence-electron chi connectivity index (χ2n) is 11.4. The lowest BCUT2D eigenvalue weighted by molar-refractivity contribution is -0.249. The summed E-state index contributed by atoms with van der Waals surface area (Å²) in [5.41, 5.74) is -1.44. The number of rotatable bonds is 3. The van der Waals surface area contributed by atoms with E-state index in [2.05, 4.69) is 59.0 Å². The number of benzene rings is 4. The molecule has 0 fully saturated rings. The molecule has 0 amide bonds. The van der Waals surface area contributed by atoms with Gasteiger partial charge in [-0.05, 0) is 35.1 Å². The van der Waals surface area contributed by atoms with E-state index >= 15 is 13.2 Å². The first-order valence-corrected chi connectivity index (χ1v) is 16.3. The molecule has 0 aliphatic carbocycles. The quantitative estimate of drug-likeness (QED) is 0.178. The largest absolute Gasteiger partial charge is 0.466 e. The van der Waals surface area contributed by atoms with Crippen molar-refractivity contribution in [2.45, 2.75) is 11.8 Å². The lowest BCUT2D eigenvalue weighted by Crippen LogP contribution is -2.43. The van der Waals surface area contributed by atoms with Crippen LogP contribution >= 0.6 is 22.7 Å². The standard InChI is InChI=1S/C38H18F3N3OS2/c39-38(40,41)37(23-8-2-1-3-9-23)24(17-30(45-37)22(19-42)20-43)14-15-25-18-31-35(46-25)33-28-11-6-7-21-13-16-27-26-10-4-5-12-29(26)44(36(33)47-31)34(27)32(21)28/h1-18H/b15-14+. The van der Waals surface area contributed by atoms with Gasteiger partial charge in [0, 0.05) is 42.3 Å². The Hall–Kier alpha value is -5.61. The van der Waals surface area contributed by atoms with Crippen LogP contribution in [0.4, 0.5) is 13.2 Å². The van der Waals surface area contributed by atoms with Crippen LogP contribution in [0, 0.1) is 22.7 Å². The van der Waals surface area contributed by atoms with Gasteiger partial charge in [-0.3, -0.25) is 4.40 Å². The molecule has 224 valence electrons. The molecule has 9 heteroatoms. The van der Waals surface area contributed by atoms with Gasteiger partial charge in [-0.25, -0.2) is 0 Å². The number of hydrogen-bond acceptors (Lipinski definition) is 5. The summed E-state index contributed by atoms with van der Waals surface area (Å²) in [6, 6.07) is 31.7. The maximum Gasteiger partial charge on any atom is 0.437 e. The normalized spacial score (nSPS) is 17.0. The first-order valence-electron chi connectivity index (χ1n) is 14.6. The van der Waals surface area contributed by atoms with Crippen LogP contribution in [0.2, 0.25) is 0 Å². The molecule has 4 aromatic heterocycles. The number of hydrogen-bond donors (Lipinski definition) is 0. The maximum atomic E-state index is 15.0. The van der Waals surface area contributed by atoms with Gasteiger partial charge >= 0.3 is 6.18 Å². The van der Waals surface area contributed by atoms with Crippen LogP contribution in [-0.2, 0) is 10.3 Å². The van der Waals surface area contributed by atoms with E-state index in [4.69, 9.17) is 4.74 Å². The molecule has 1 aliphatic heterocycles.